The summed E-state index contributed by atoms with van der Waals surface area (Å²) >= 11 is 0. The SMILES string of the molecule is CCCOc1ncccc1CNC(=O)c1cnn(CC)c1. The molecule has 0 aliphatic heterocycles. The first-order valence-corrected chi connectivity index (χ1v) is 7.12. The van der Waals surface area contributed by atoms with Crippen molar-refractivity contribution in [3.63, 3.8) is 0 Å². The second kappa shape index (κ2) is 7.42. The third-order valence-electron chi connectivity index (χ3n) is 2.95. The van der Waals surface area contributed by atoms with Crippen LogP contribution in [0, 0.1) is 0 Å². The Balaban J connectivity index is 1.97. The van der Waals surface area contributed by atoms with E-state index in [-0.39, 0.29) is 5.91 Å². The van der Waals surface area contributed by atoms with Crippen molar-refractivity contribution >= 4 is 5.91 Å². The molecule has 2 aromatic rings. The molecule has 1 N–H and O–H groups in total. The lowest BCUT2D eigenvalue weighted by Crippen LogP contribution is -2.23. The van der Waals surface area contributed by atoms with Gasteiger partial charge in [0.05, 0.1) is 18.4 Å². The summed E-state index contributed by atoms with van der Waals surface area (Å²) in [5.41, 5.74) is 1.42. The first kappa shape index (κ1) is 15.0. The summed E-state index contributed by atoms with van der Waals surface area (Å²) in [6.07, 6.45) is 5.89. The fraction of sp³-hybridized carbons (Fsp3) is 0.400. The van der Waals surface area contributed by atoms with Crippen LogP contribution in [0.25, 0.3) is 0 Å². The zero-order valence-electron chi connectivity index (χ0n) is 12.4. The molecule has 0 aliphatic rings. The molecule has 2 aromatic heterocycles. The summed E-state index contributed by atoms with van der Waals surface area (Å²) in [6, 6.07) is 3.73. The maximum Gasteiger partial charge on any atom is 0.254 e. The lowest BCUT2D eigenvalue weighted by Gasteiger charge is -2.10. The van der Waals surface area contributed by atoms with Crippen molar-refractivity contribution in [3.8, 4) is 5.88 Å². The molecule has 0 saturated heterocycles. The molecule has 112 valence electrons. The molecule has 0 saturated carbocycles. The smallest absolute Gasteiger partial charge is 0.254 e. The second-order valence-electron chi connectivity index (χ2n) is 4.58. The molecule has 0 spiro atoms. The van der Waals surface area contributed by atoms with E-state index in [1.807, 2.05) is 26.0 Å². The number of pyridine rings is 1. The van der Waals surface area contributed by atoms with Crippen LogP contribution in [-0.4, -0.2) is 27.3 Å². The van der Waals surface area contributed by atoms with Gasteiger partial charge in [-0.15, -0.1) is 0 Å². The molecule has 2 heterocycles. The van der Waals surface area contributed by atoms with E-state index in [2.05, 4.69) is 15.4 Å². The largest absolute Gasteiger partial charge is 0.477 e. The highest BCUT2D eigenvalue weighted by Crippen LogP contribution is 2.14. The average molecular weight is 288 g/mol. The molecule has 0 atom stereocenters. The van der Waals surface area contributed by atoms with Crippen molar-refractivity contribution in [2.45, 2.75) is 33.4 Å². The van der Waals surface area contributed by atoms with Crippen molar-refractivity contribution in [2.24, 2.45) is 0 Å². The maximum absolute atomic E-state index is 12.0. The number of aryl methyl sites for hydroxylation is 1. The van der Waals surface area contributed by atoms with E-state index < -0.39 is 0 Å². The number of amides is 1. The van der Waals surface area contributed by atoms with Gasteiger partial charge in [0.2, 0.25) is 5.88 Å². The molecular formula is C15H20N4O2. The zero-order chi connectivity index (χ0) is 15.1. The number of hydrogen-bond acceptors (Lipinski definition) is 4. The lowest BCUT2D eigenvalue weighted by molar-refractivity contribution is 0.0950. The molecule has 6 nitrogen and oxygen atoms in total. The quantitative estimate of drug-likeness (QED) is 0.846. The van der Waals surface area contributed by atoms with Crippen molar-refractivity contribution in [3.05, 3.63) is 41.9 Å². The van der Waals surface area contributed by atoms with Crippen molar-refractivity contribution in [1.29, 1.82) is 0 Å². The minimum Gasteiger partial charge on any atom is -0.477 e. The number of rotatable bonds is 7. The van der Waals surface area contributed by atoms with Gasteiger partial charge in [-0.3, -0.25) is 9.48 Å². The number of nitrogens with zero attached hydrogens (tertiary/aromatic N) is 3. The highest BCUT2D eigenvalue weighted by Gasteiger charge is 2.10. The topological polar surface area (TPSA) is 69.0 Å². The van der Waals surface area contributed by atoms with Crippen LogP contribution in [0.2, 0.25) is 0 Å². The van der Waals surface area contributed by atoms with Gasteiger partial charge in [0.1, 0.15) is 0 Å². The van der Waals surface area contributed by atoms with E-state index in [9.17, 15) is 4.79 Å². The van der Waals surface area contributed by atoms with Crippen molar-refractivity contribution in [1.82, 2.24) is 20.1 Å². The van der Waals surface area contributed by atoms with Gasteiger partial charge in [-0.05, 0) is 19.4 Å². The Morgan fingerprint density at radius 2 is 2.29 bits per heavy atom. The van der Waals surface area contributed by atoms with Gasteiger partial charge in [0.15, 0.2) is 0 Å². The van der Waals surface area contributed by atoms with Crippen LogP contribution in [0.15, 0.2) is 30.7 Å². The number of aromatic nitrogens is 3. The minimum atomic E-state index is -0.153. The number of hydrogen-bond donors (Lipinski definition) is 1. The van der Waals surface area contributed by atoms with Gasteiger partial charge >= 0.3 is 0 Å². The van der Waals surface area contributed by atoms with Crippen LogP contribution >= 0.6 is 0 Å². The third kappa shape index (κ3) is 4.05. The molecular weight excluding hydrogens is 268 g/mol. The molecule has 6 heteroatoms. The summed E-state index contributed by atoms with van der Waals surface area (Å²) < 4.78 is 7.28. The monoisotopic (exact) mass is 288 g/mol. The minimum absolute atomic E-state index is 0.153. The lowest BCUT2D eigenvalue weighted by atomic mass is 10.2. The summed E-state index contributed by atoms with van der Waals surface area (Å²) in [6.45, 7) is 5.74. The number of ether oxygens (including phenoxy) is 1. The fourth-order valence-electron chi connectivity index (χ4n) is 1.82. The van der Waals surface area contributed by atoms with E-state index in [0.717, 1.165) is 18.5 Å². The molecule has 0 bridgehead atoms. The Labute approximate surface area is 124 Å². The molecule has 0 aliphatic carbocycles. The second-order valence-corrected chi connectivity index (χ2v) is 4.58. The zero-order valence-corrected chi connectivity index (χ0v) is 12.4. The molecule has 21 heavy (non-hydrogen) atoms. The Kier molecular flexibility index (Phi) is 5.31. The highest BCUT2D eigenvalue weighted by molar-refractivity contribution is 5.93. The Morgan fingerprint density at radius 3 is 3.00 bits per heavy atom. The molecule has 0 radical (unpaired) electrons. The van der Waals surface area contributed by atoms with E-state index in [0.29, 0.717) is 24.6 Å². The Hall–Kier alpha value is -2.37. The number of carbonyl (C=O) groups is 1. The first-order valence-electron chi connectivity index (χ1n) is 7.12. The normalized spacial score (nSPS) is 10.4. The van der Waals surface area contributed by atoms with Gasteiger partial charge in [0, 0.05) is 31.0 Å². The van der Waals surface area contributed by atoms with Crippen LogP contribution in [0.4, 0.5) is 0 Å². The Morgan fingerprint density at radius 1 is 1.43 bits per heavy atom. The van der Waals surface area contributed by atoms with Crippen LogP contribution in [0.5, 0.6) is 5.88 Å². The van der Waals surface area contributed by atoms with Crippen LogP contribution in [0.1, 0.15) is 36.2 Å². The number of carbonyl (C=O) groups excluding carboxylic acids is 1. The third-order valence-corrected chi connectivity index (χ3v) is 2.95. The molecule has 2 rings (SSSR count). The molecule has 0 unspecified atom stereocenters. The van der Waals surface area contributed by atoms with E-state index in [1.165, 1.54) is 0 Å². The van der Waals surface area contributed by atoms with Gasteiger partial charge < -0.3 is 10.1 Å². The summed E-state index contributed by atoms with van der Waals surface area (Å²) in [4.78, 5) is 16.2. The van der Waals surface area contributed by atoms with Gasteiger partial charge in [-0.1, -0.05) is 13.0 Å². The standard InChI is InChI=1S/C15H20N4O2/c1-3-8-21-15-12(6-5-7-16-15)9-17-14(20)13-10-18-19(4-2)11-13/h5-7,10-11H,3-4,8-9H2,1-2H3,(H,17,20). The van der Waals surface area contributed by atoms with Gasteiger partial charge in [-0.25, -0.2) is 4.98 Å². The van der Waals surface area contributed by atoms with Crippen LogP contribution in [-0.2, 0) is 13.1 Å². The van der Waals surface area contributed by atoms with Gasteiger partial charge in [-0.2, -0.15) is 5.10 Å². The van der Waals surface area contributed by atoms with Crippen LogP contribution in [0.3, 0.4) is 0 Å². The summed E-state index contributed by atoms with van der Waals surface area (Å²) in [5.74, 6) is 0.420. The average Bonchev–Trinajstić information content (AvgIpc) is 3.00. The van der Waals surface area contributed by atoms with E-state index in [4.69, 9.17) is 4.74 Å². The molecule has 0 fully saturated rings. The predicted molar refractivity (Wildman–Crippen MR) is 79.1 cm³/mol. The van der Waals surface area contributed by atoms with Crippen molar-refractivity contribution < 1.29 is 9.53 Å². The van der Waals surface area contributed by atoms with Crippen molar-refractivity contribution in [2.75, 3.05) is 6.61 Å². The Bertz CT molecular complexity index is 595. The highest BCUT2D eigenvalue weighted by atomic mass is 16.5. The number of nitrogens with one attached hydrogen (secondary N) is 1. The van der Waals surface area contributed by atoms with E-state index in [1.54, 1.807) is 23.3 Å². The van der Waals surface area contributed by atoms with E-state index >= 15 is 0 Å². The fourth-order valence-corrected chi connectivity index (χ4v) is 1.82. The molecule has 1 amide bonds. The van der Waals surface area contributed by atoms with Crippen LogP contribution < -0.4 is 10.1 Å². The van der Waals surface area contributed by atoms with Gasteiger partial charge in [0.25, 0.3) is 5.91 Å². The molecule has 0 aromatic carbocycles. The summed E-state index contributed by atoms with van der Waals surface area (Å²) in [7, 11) is 0. The maximum atomic E-state index is 12.0. The summed E-state index contributed by atoms with van der Waals surface area (Å²) in [5, 5.41) is 6.94. The predicted octanol–water partition coefficient (Wildman–Crippen LogP) is 2.02. The first-order chi connectivity index (χ1) is 10.2.